The molecule has 21 heavy (non-hydrogen) atoms. The standard InChI is InChI=1S/C16H22N4O/c1-12-6-3-4-7-14(12)10-18-16(21)15-11-19-20(13(15)2)9-5-8-17/h3-4,6-7,11H,5,8-10,17H2,1-2H3,(H,18,21). The van der Waals surface area contributed by atoms with Gasteiger partial charge in [-0.05, 0) is 37.9 Å². The van der Waals surface area contributed by atoms with E-state index in [4.69, 9.17) is 5.73 Å². The van der Waals surface area contributed by atoms with Crippen molar-refractivity contribution in [2.75, 3.05) is 6.54 Å². The van der Waals surface area contributed by atoms with Crippen molar-refractivity contribution in [1.82, 2.24) is 15.1 Å². The van der Waals surface area contributed by atoms with Crippen LogP contribution in [-0.2, 0) is 13.1 Å². The van der Waals surface area contributed by atoms with Gasteiger partial charge in [-0.1, -0.05) is 24.3 Å². The Morgan fingerprint density at radius 1 is 1.33 bits per heavy atom. The Balaban J connectivity index is 2.01. The summed E-state index contributed by atoms with van der Waals surface area (Å²) in [5.74, 6) is -0.0882. The molecule has 0 fully saturated rings. The van der Waals surface area contributed by atoms with Crippen molar-refractivity contribution in [3.63, 3.8) is 0 Å². The number of nitrogens with two attached hydrogens (primary N) is 1. The molecule has 0 unspecified atom stereocenters. The molecule has 2 rings (SSSR count). The fraction of sp³-hybridized carbons (Fsp3) is 0.375. The summed E-state index contributed by atoms with van der Waals surface area (Å²) in [4.78, 5) is 12.2. The number of rotatable bonds is 6. The zero-order valence-corrected chi connectivity index (χ0v) is 12.6. The average molecular weight is 286 g/mol. The summed E-state index contributed by atoms with van der Waals surface area (Å²) in [5, 5.41) is 7.20. The number of amides is 1. The van der Waals surface area contributed by atoms with Crippen LogP contribution in [0.5, 0.6) is 0 Å². The van der Waals surface area contributed by atoms with Crippen molar-refractivity contribution in [3.8, 4) is 0 Å². The molecule has 1 aromatic heterocycles. The molecule has 112 valence electrons. The molecule has 2 aromatic rings. The van der Waals surface area contributed by atoms with E-state index in [1.807, 2.05) is 42.8 Å². The zero-order chi connectivity index (χ0) is 15.2. The molecule has 0 atom stereocenters. The van der Waals surface area contributed by atoms with Gasteiger partial charge in [-0.2, -0.15) is 5.10 Å². The lowest BCUT2D eigenvalue weighted by Crippen LogP contribution is -2.23. The highest BCUT2D eigenvalue weighted by Crippen LogP contribution is 2.10. The Morgan fingerprint density at radius 3 is 2.81 bits per heavy atom. The number of carbonyl (C=O) groups excluding carboxylic acids is 1. The first-order valence-corrected chi connectivity index (χ1v) is 7.18. The van der Waals surface area contributed by atoms with Crippen LogP contribution in [0.4, 0.5) is 0 Å². The van der Waals surface area contributed by atoms with Gasteiger partial charge < -0.3 is 11.1 Å². The maximum atomic E-state index is 12.2. The van der Waals surface area contributed by atoms with Gasteiger partial charge in [-0.25, -0.2) is 0 Å². The summed E-state index contributed by atoms with van der Waals surface area (Å²) in [6.45, 7) is 5.84. The van der Waals surface area contributed by atoms with Gasteiger partial charge in [-0.15, -0.1) is 0 Å². The number of nitrogens with zero attached hydrogens (tertiary/aromatic N) is 2. The SMILES string of the molecule is Cc1ccccc1CNC(=O)c1cnn(CCCN)c1C. The highest BCUT2D eigenvalue weighted by atomic mass is 16.1. The molecule has 0 aliphatic carbocycles. The molecule has 1 amide bonds. The van der Waals surface area contributed by atoms with Crippen LogP contribution < -0.4 is 11.1 Å². The van der Waals surface area contributed by atoms with E-state index in [9.17, 15) is 4.79 Å². The van der Waals surface area contributed by atoms with Crippen LogP contribution in [0.2, 0.25) is 0 Å². The molecule has 0 saturated carbocycles. The Hall–Kier alpha value is -2.14. The Labute approximate surface area is 125 Å². The maximum absolute atomic E-state index is 12.2. The first-order chi connectivity index (χ1) is 10.1. The summed E-state index contributed by atoms with van der Waals surface area (Å²) in [5.41, 5.74) is 9.30. The van der Waals surface area contributed by atoms with E-state index in [1.54, 1.807) is 6.20 Å². The van der Waals surface area contributed by atoms with Crippen molar-refractivity contribution >= 4 is 5.91 Å². The number of benzene rings is 1. The number of carbonyl (C=O) groups is 1. The van der Waals surface area contributed by atoms with Gasteiger partial charge in [0.15, 0.2) is 0 Å². The van der Waals surface area contributed by atoms with Crippen LogP contribution in [-0.4, -0.2) is 22.2 Å². The largest absolute Gasteiger partial charge is 0.348 e. The quantitative estimate of drug-likeness (QED) is 0.850. The number of hydrogen-bond acceptors (Lipinski definition) is 3. The minimum atomic E-state index is -0.0882. The van der Waals surface area contributed by atoms with Crippen molar-refractivity contribution < 1.29 is 4.79 Å². The summed E-state index contributed by atoms with van der Waals surface area (Å²) in [6, 6.07) is 8.03. The second-order valence-corrected chi connectivity index (χ2v) is 5.12. The molecular weight excluding hydrogens is 264 g/mol. The predicted octanol–water partition coefficient (Wildman–Crippen LogP) is 1.78. The van der Waals surface area contributed by atoms with E-state index < -0.39 is 0 Å². The lowest BCUT2D eigenvalue weighted by molar-refractivity contribution is 0.0950. The van der Waals surface area contributed by atoms with Crippen LogP contribution in [0.15, 0.2) is 30.5 Å². The van der Waals surface area contributed by atoms with E-state index in [2.05, 4.69) is 10.4 Å². The highest BCUT2D eigenvalue weighted by molar-refractivity contribution is 5.95. The molecule has 1 heterocycles. The van der Waals surface area contributed by atoms with Crippen molar-refractivity contribution in [3.05, 3.63) is 52.8 Å². The van der Waals surface area contributed by atoms with E-state index in [0.717, 1.165) is 24.2 Å². The number of hydrogen-bond donors (Lipinski definition) is 2. The van der Waals surface area contributed by atoms with Crippen LogP contribution in [0.3, 0.4) is 0 Å². The number of nitrogens with one attached hydrogen (secondary N) is 1. The van der Waals surface area contributed by atoms with E-state index in [0.29, 0.717) is 18.7 Å². The Morgan fingerprint density at radius 2 is 2.10 bits per heavy atom. The molecule has 0 bridgehead atoms. The second-order valence-electron chi connectivity index (χ2n) is 5.12. The minimum absolute atomic E-state index is 0.0882. The van der Waals surface area contributed by atoms with Gasteiger partial charge in [0.2, 0.25) is 0 Å². The fourth-order valence-electron chi connectivity index (χ4n) is 2.22. The van der Waals surface area contributed by atoms with E-state index in [1.165, 1.54) is 5.56 Å². The van der Waals surface area contributed by atoms with Crippen LogP contribution >= 0.6 is 0 Å². The third-order valence-electron chi connectivity index (χ3n) is 3.62. The monoisotopic (exact) mass is 286 g/mol. The highest BCUT2D eigenvalue weighted by Gasteiger charge is 2.13. The van der Waals surface area contributed by atoms with Gasteiger partial charge in [0.1, 0.15) is 0 Å². The first kappa shape index (κ1) is 15.3. The van der Waals surface area contributed by atoms with Crippen LogP contribution in [0.25, 0.3) is 0 Å². The molecule has 5 nitrogen and oxygen atoms in total. The van der Waals surface area contributed by atoms with Gasteiger partial charge in [-0.3, -0.25) is 9.48 Å². The lowest BCUT2D eigenvalue weighted by atomic mass is 10.1. The topological polar surface area (TPSA) is 72.9 Å². The first-order valence-electron chi connectivity index (χ1n) is 7.18. The molecule has 5 heteroatoms. The average Bonchev–Trinajstić information content (AvgIpc) is 2.85. The molecule has 3 N–H and O–H groups in total. The lowest BCUT2D eigenvalue weighted by Gasteiger charge is -2.08. The van der Waals surface area contributed by atoms with Gasteiger partial charge in [0, 0.05) is 18.8 Å². The third-order valence-corrected chi connectivity index (χ3v) is 3.62. The fourth-order valence-corrected chi connectivity index (χ4v) is 2.22. The Kier molecular flexibility index (Phi) is 5.11. The van der Waals surface area contributed by atoms with Crippen LogP contribution in [0, 0.1) is 13.8 Å². The summed E-state index contributed by atoms with van der Waals surface area (Å²) in [7, 11) is 0. The molecule has 0 radical (unpaired) electrons. The molecule has 1 aromatic carbocycles. The van der Waals surface area contributed by atoms with Gasteiger partial charge >= 0.3 is 0 Å². The second kappa shape index (κ2) is 7.04. The maximum Gasteiger partial charge on any atom is 0.255 e. The van der Waals surface area contributed by atoms with E-state index >= 15 is 0 Å². The molecule has 0 aliphatic rings. The molecular formula is C16H22N4O. The number of aryl methyl sites for hydroxylation is 2. The van der Waals surface area contributed by atoms with Crippen LogP contribution in [0.1, 0.15) is 33.6 Å². The summed E-state index contributed by atoms with van der Waals surface area (Å²) < 4.78 is 1.83. The molecule has 0 saturated heterocycles. The van der Waals surface area contributed by atoms with Crippen molar-refractivity contribution in [1.29, 1.82) is 0 Å². The van der Waals surface area contributed by atoms with Crippen molar-refractivity contribution in [2.45, 2.75) is 33.4 Å². The smallest absolute Gasteiger partial charge is 0.255 e. The molecule has 0 spiro atoms. The summed E-state index contributed by atoms with van der Waals surface area (Å²) in [6.07, 6.45) is 2.48. The Bertz CT molecular complexity index is 618. The minimum Gasteiger partial charge on any atom is -0.348 e. The number of aromatic nitrogens is 2. The summed E-state index contributed by atoms with van der Waals surface area (Å²) >= 11 is 0. The molecule has 0 aliphatic heterocycles. The predicted molar refractivity (Wildman–Crippen MR) is 83.0 cm³/mol. The van der Waals surface area contributed by atoms with Gasteiger partial charge in [0.05, 0.1) is 11.8 Å². The van der Waals surface area contributed by atoms with E-state index in [-0.39, 0.29) is 5.91 Å². The van der Waals surface area contributed by atoms with Crippen molar-refractivity contribution in [2.24, 2.45) is 5.73 Å². The zero-order valence-electron chi connectivity index (χ0n) is 12.6. The normalized spacial score (nSPS) is 10.6. The third kappa shape index (κ3) is 3.70. The van der Waals surface area contributed by atoms with Gasteiger partial charge in [0.25, 0.3) is 5.91 Å².